The van der Waals surface area contributed by atoms with Crippen molar-refractivity contribution in [2.45, 2.75) is 25.4 Å². The fourth-order valence-electron chi connectivity index (χ4n) is 3.35. The Morgan fingerprint density at radius 3 is 2.71 bits per heavy atom. The van der Waals surface area contributed by atoms with Crippen LogP contribution in [-0.4, -0.2) is 43.8 Å². The van der Waals surface area contributed by atoms with Gasteiger partial charge in [0.2, 0.25) is 0 Å². The quantitative estimate of drug-likeness (QED) is 0.799. The largest absolute Gasteiger partial charge is 0.367 e. The lowest BCUT2D eigenvalue weighted by Crippen LogP contribution is -2.38. The van der Waals surface area contributed by atoms with Gasteiger partial charge >= 0.3 is 0 Å². The number of nitrogens with zero attached hydrogens (tertiary/aromatic N) is 5. The number of likely N-dealkylation sites (tertiary alicyclic amines) is 1. The fraction of sp³-hybridized carbons (Fsp3) is 0.389. The number of aromatic nitrogens is 4. The molecule has 1 aliphatic rings. The zero-order valence-corrected chi connectivity index (χ0v) is 13.9. The highest BCUT2D eigenvalue weighted by molar-refractivity contribution is 5.86. The van der Waals surface area contributed by atoms with Gasteiger partial charge in [0.1, 0.15) is 12.1 Å². The van der Waals surface area contributed by atoms with Crippen molar-refractivity contribution in [3.63, 3.8) is 0 Å². The van der Waals surface area contributed by atoms with Crippen LogP contribution >= 0.6 is 0 Å². The molecule has 24 heavy (non-hydrogen) atoms. The average Bonchev–Trinajstić information content (AvgIpc) is 3.00. The van der Waals surface area contributed by atoms with E-state index in [2.05, 4.69) is 55.6 Å². The minimum Gasteiger partial charge on any atom is -0.367 e. The van der Waals surface area contributed by atoms with Crippen molar-refractivity contribution in [1.82, 2.24) is 24.6 Å². The molecular weight excluding hydrogens is 300 g/mol. The Morgan fingerprint density at radius 1 is 1.12 bits per heavy atom. The maximum absolute atomic E-state index is 4.41. The summed E-state index contributed by atoms with van der Waals surface area (Å²) in [7, 11) is 1.90. The first-order valence-corrected chi connectivity index (χ1v) is 8.45. The summed E-state index contributed by atoms with van der Waals surface area (Å²) in [4.78, 5) is 11.2. The number of piperidine rings is 1. The molecule has 6 heteroatoms. The summed E-state index contributed by atoms with van der Waals surface area (Å²) < 4.78 is 1.78. The summed E-state index contributed by atoms with van der Waals surface area (Å²) in [6.45, 7) is 3.25. The predicted octanol–water partition coefficient (Wildman–Crippen LogP) is 2.44. The number of rotatable bonds is 4. The third kappa shape index (κ3) is 3.10. The molecule has 0 radical (unpaired) electrons. The lowest BCUT2D eigenvalue weighted by Gasteiger charge is -2.32. The number of nitrogens with one attached hydrogen (secondary N) is 1. The zero-order valence-electron chi connectivity index (χ0n) is 13.9. The van der Waals surface area contributed by atoms with Crippen LogP contribution in [-0.2, 0) is 13.6 Å². The van der Waals surface area contributed by atoms with Crippen LogP contribution < -0.4 is 5.32 Å². The Labute approximate surface area is 141 Å². The van der Waals surface area contributed by atoms with Crippen LogP contribution in [0.3, 0.4) is 0 Å². The first-order chi connectivity index (χ1) is 11.8. The second kappa shape index (κ2) is 6.57. The summed E-state index contributed by atoms with van der Waals surface area (Å²) in [6.07, 6.45) is 5.69. The van der Waals surface area contributed by atoms with Gasteiger partial charge in [-0.05, 0) is 18.4 Å². The second-order valence-corrected chi connectivity index (χ2v) is 6.41. The van der Waals surface area contributed by atoms with E-state index in [4.69, 9.17) is 0 Å². The van der Waals surface area contributed by atoms with Crippen LogP contribution in [0.2, 0.25) is 0 Å². The van der Waals surface area contributed by atoms with Crippen molar-refractivity contribution in [1.29, 1.82) is 0 Å². The van der Waals surface area contributed by atoms with Gasteiger partial charge in [-0.25, -0.2) is 9.97 Å². The first kappa shape index (κ1) is 15.1. The van der Waals surface area contributed by atoms with Gasteiger partial charge in [-0.2, -0.15) is 5.10 Å². The van der Waals surface area contributed by atoms with Crippen LogP contribution in [0.1, 0.15) is 18.4 Å². The van der Waals surface area contributed by atoms with E-state index in [1.165, 1.54) is 5.56 Å². The molecule has 2 aromatic heterocycles. The standard InChI is InChI=1S/C18H22N6/c1-23-18-16(11-21-23)17(19-13-20-18)22-15-7-9-24(10-8-15)12-14-5-3-2-4-6-14/h2-6,11,13,15H,7-10,12H2,1H3,(H,19,20,22). The van der Waals surface area contributed by atoms with E-state index in [1.54, 1.807) is 11.0 Å². The van der Waals surface area contributed by atoms with Gasteiger partial charge in [0.25, 0.3) is 0 Å². The average molecular weight is 322 g/mol. The maximum Gasteiger partial charge on any atom is 0.163 e. The molecule has 4 rings (SSSR count). The Morgan fingerprint density at radius 2 is 1.92 bits per heavy atom. The Kier molecular flexibility index (Phi) is 4.13. The van der Waals surface area contributed by atoms with Gasteiger partial charge < -0.3 is 5.32 Å². The molecule has 0 atom stereocenters. The smallest absolute Gasteiger partial charge is 0.163 e. The third-order valence-corrected chi connectivity index (χ3v) is 4.71. The van der Waals surface area contributed by atoms with Crippen LogP contribution in [0.4, 0.5) is 5.82 Å². The molecule has 3 aromatic rings. The van der Waals surface area contributed by atoms with Crippen LogP contribution in [0, 0.1) is 0 Å². The molecule has 0 amide bonds. The van der Waals surface area contributed by atoms with Crippen molar-refractivity contribution in [3.05, 3.63) is 48.4 Å². The molecule has 0 saturated carbocycles. The van der Waals surface area contributed by atoms with Crippen molar-refractivity contribution < 1.29 is 0 Å². The summed E-state index contributed by atoms with van der Waals surface area (Å²) in [5.41, 5.74) is 2.26. The molecule has 3 heterocycles. The number of anilines is 1. The molecule has 6 nitrogen and oxygen atoms in total. The molecule has 0 bridgehead atoms. The van der Waals surface area contributed by atoms with Gasteiger partial charge in [-0.1, -0.05) is 30.3 Å². The number of hydrogen-bond donors (Lipinski definition) is 1. The van der Waals surface area contributed by atoms with Gasteiger partial charge in [0.15, 0.2) is 5.65 Å². The van der Waals surface area contributed by atoms with E-state index in [0.29, 0.717) is 6.04 Å². The third-order valence-electron chi connectivity index (χ3n) is 4.71. The number of fused-ring (bicyclic) bond motifs is 1. The van der Waals surface area contributed by atoms with E-state index >= 15 is 0 Å². The van der Waals surface area contributed by atoms with E-state index in [9.17, 15) is 0 Å². The minimum atomic E-state index is 0.454. The van der Waals surface area contributed by atoms with E-state index in [-0.39, 0.29) is 0 Å². The number of hydrogen-bond acceptors (Lipinski definition) is 5. The van der Waals surface area contributed by atoms with E-state index in [0.717, 1.165) is 49.3 Å². The SMILES string of the molecule is Cn1ncc2c(NC3CCN(Cc4ccccc4)CC3)ncnc21. The van der Waals surface area contributed by atoms with Crippen molar-refractivity contribution >= 4 is 16.9 Å². The Bertz CT molecular complexity index is 805. The minimum absolute atomic E-state index is 0.454. The highest BCUT2D eigenvalue weighted by Gasteiger charge is 2.20. The highest BCUT2D eigenvalue weighted by Crippen LogP contribution is 2.22. The van der Waals surface area contributed by atoms with Crippen LogP contribution in [0.25, 0.3) is 11.0 Å². The molecule has 1 saturated heterocycles. The molecule has 124 valence electrons. The van der Waals surface area contributed by atoms with E-state index < -0.39 is 0 Å². The number of aryl methyl sites for hydroxylation is 1. The van der Waals surface area contributed by atoms with Crippen LogP contribution in [0.5, 0.6) is 0 Å². The Balaban J connectivity index is 1.37. The van der Waals surface area contributed by atoms with Crippen LogP contribution in [0.15, 0.2) is 42.9 Å². The summed E-state index contributed by atoms with van der Waals surface area (Å²) in [5, 5.41) is 8.86. The normalized spacial score (nSPS) is 16.5. The zero-order chi connectivity index (χ0) is 16.4. The predicted molar refractivity (Wildman–Crippen MR) is 94.7 cm³/mol. The molecule has 0 spiro atoms. The van der Waals surface area contributed by atoms with Gasteiger partial charge in [-0.15, -0.1) is 0 Å². The summed E-state index contributed by atoms with van der Waals surface area (Å²) >= 11 is 0. The van der Waals surface area contributed by atoms with Gasteiger partial charge in [0.05, 0.1) is 11.6 Å². The maximum atomic E-state index is 4.41. The highest BCUT2D eigenvalue weighted by atomic mass is 15.3. The lowest BCUT2D eigenvalue weighted by atomic mass is 10.0. The molecule has 1 aromatic carbocycles. The first-order valence-electron chi connectivity index (χ1n) is 8.45. The molecule has 1 aliphatic heterocycles. The summed E-state index contributed by atoms with van der Waals surface area (Å²) in [6, 6.07) is 11.1. The monoisotopic (exact) mass is 322 g/mol. The van der Waals surface area contributed by atoms with Gasteiger partial charge in [0, 0.05) is 32.7 Å². The molecular formula is C18H22N6. The van der Waals surface area contributed by atoms with E-state index in [1.807, 2.05) is 13.2 Å². The summed E-state index contributed by atoms with van der Waals surface area (Å²) in [5.74, 6) is 0.898. The second-order valence-electron chi connectivity index (χ2n) is 6.41. The van der Waals surface area contributed by atoms with Crippen molar-refractivity contribution in [2.75, 3.05) is 18.4 Å². The van der Waals surface area contributed by atoms with Crippen molar-refractivity contribution in [3.8, 4) is 0 Å². The molecule has 1 fully saturated rings. The van der Waals surface area contributed by atoms with Gasteiger partial charge in [-0.3, -0.25) is 9.58 Å². The topological polar surface area (TPSA) is 58.9 Å². The van der Waals surface area contributed by atoms with Crippen molar-refractivity contribution in [2.24, 2.45) is 7.05 Å². The lowest BCUT2D eigenvalue weighted by molar-refractivity contribution is 0.211. The number of benzene rings is 1. The fourth-order valence-corrected chi connectivity index (χ4v) is 3.35. The molecule has 0 unspecified atom stereocenters. The molecule has 0 aliphatic carbocycles. The Hall–Kier alpha value is -2.47. The molecule has 1 N–H and O–H groups in total.